The number of aromatic nitrogens is 2. The smallest absolute Gasteiger partial charge is 0.258 e. The third kappa shape index (κ3) is 3.16. The lowest BCUT2D eigenvalue weighted by molar-refractivity contribution is 0.423. The van der Waals surface area contributed by atoms with Crippen LogP contribution >= 0.6 is 0 Å². The van der Waals surface area contributed by atoms with Crippen LogP contribution < -0.4 is 11.1 Å². The quantitative estimate of drug-likeness (QED) is 0.859. The van der Waals surface area contributed by atoms with Crippen LogP contribution in [0.15, 0.2) is 21.7 Å². The van der Waals surface area contributed by atoms with Crippen molar-refractivity contribution in [2.24, 2.45) is 5.92 Å². The Morgan fingerprint density at radius 1 is 0.846 bits per heavy atom. The summed E-state index contributed by atoms with van der Waals surface area (Å²) in [5.74, 6) is -1.16. The molecular weight excluding hydrogens is 332 g/mol. The molecular formula is C20H28N2O4. The van der Waals surface area contributed by atoms with E-state index in [1.165, 1.54) is 0 Å². The van der Waals surface area contributed by atoms with Gasteiger partial charge in [-0.2, -0.15) is 0 Å². The molecule has 0 fully saturated rings. The average molecular weight is 360 g/mol. The lowest BCUT2D eigenvalue weighted by atomic mass is 9.82. The Morgan fingerprint density at radius 3 is 1.46 bits per heavy atom. The van der Waals surface area contributed by atoms with Crippen LogP contribution in [0.4, 0.5) is 0 Å². The van der Waals surface area contributed by atoms with Gasteiger partial charge in [-0.05, 0) is 45.7 Å². The standard InChI is InChI=1S/C20H28N2O4/c1-7-21-12(5)9-14(23)17(19(21)25)16(11(3)4)18-15(24)10-13(6)22(8-2)20(18)26/h9-11,16,23-24H,7-8H2,1-6H3. The van der Waals surface area contributed by atoms with Crippen molar-refractivity contribution in [3.63, 3.8) is 0 Å². The van der Waals surface area contributed by atoms with E-state index in [9.17, 15) is 19.8 Å². The van der Waals surface area contributed by atoms with E-state index in [4.69, 9.17) is 0 Å². The van der Waals surface area contributed by atoms with Gasteiger partial charge in [0.05, 0.1) is 11.1 Å². The van der Waals surface area contributed by atoms with Crippen molar-refractivity contribution < 1.29 is 10.2 Å². The number of nitrogens with zero attached hydrogens (tertiary/aromatic N) is 2. The molecule has 0 aliphatic heterocycles. The highest BCUT2D eigenvalue weighted by Crippen LogP contribution is 2.37. The van der Waals surface area contributed by atoms with Gasteiger partial charge in [0.15, 0.2) is 0 Å². The van der Waals surface area contributed by atoms with Crippen molar-refractivity contribution in [1.29, 1.82) is 0 Å². The minimum Gasteiger partial charge on any atom is -0.507 e. The molecule has 0 aliphatic carbocycles. The number of aromatic hydroxyl groups is 2. The van der Waals surface area contributed by atoms with E-state index in [-0.39, 0.29) is 39.7 Å². The maximum absolute atomic E-state index is 13.0. The Labute approximate surface area is 153 Å². The molecule has 6 heteroatoms. The van der Waals surface area contributed by atoms with Crippen molar-refractivity contribution in [2.45, 2.75) is 60.5 Å². The Morgan fingerprint density at radius 2 is 1.19 bits per heavy atom. The second kappa shape index (κ2) is 7.40. The summed E-state index contributed by atoms with van der Waals surface area (Å²) in [5, 5.41) is 21.1. The summed E-state index contributed by atoms with van der Waals surface area (Å²) in [4.78, 5) is 26.0. The molecule has 0 spiro atoms. The minimum atomic E-state index is -0.702. The maximum Gasteiger partial charge on any atom is 0.258 e. The van der Waals surface area contributed by atoms with Crippen molar-refractivity contribution in [2.75, 3.05) is 0 Å². The van der Waals surface area contributed by atoms with Gasteiger partial charge >= 0.3 is 0 Å². The van der Waals surface area contributed by atoms with Gasteiger partial charge in [0.2, 0.25) is 0 Å². The van der Waals surface area contributed by atoms with Crippen molar-refractivity contribution >= 4 is 0 Å². The van der Waals surface area contributed by atoms with Crippen LogP contribution in [-0.4, -0.2) is 19.3 Å². The number of hydrogen-bond donors (Lipinski definition) is 2. The minimum absolute atomic E-state index is 0.140. The van der Waals surface area contributed by atoms with E-state index in [0.717, 1.165) is 0 Å². The molecule has 0 amide bonds. The van der Waals surface area contributed by atoms with Crippen LogP contribution in [0.3, 0.4) is 0 Å². The van der Waals surface area contributed by atoms with Gasteiger partial charge in [-0.3, -0.25) is 9.59 Å². The average Bonchev–Trinajstić information content (AvgIpc) is 2.53. The first kappa shape index (κ1) is 19.8. The van der Waals surface area contributed by atoms with Crippen molar-refractivity contribution in [1.82, 2.24) is 9.13 Å². The highest BCUT2D eigenvalue weighted by molar-refractivity contribution is 5.46. The molecule has 0 aromatic carbocycles. The molecule has 2 aromatic heterocycles. The predicted molar refractivity (Wildman–Crippen MR) is 102 cm³/mol. The molecule has 0 saturated heterocycles. The number of pyridine rings is 2. The Balaban J connectivity index is 2.91. The van der Waals surface area contributed by atoms with E-state index in [1.54, 1.807) is 35.1 Å². The van der Waals surface area contributed by atoms with E-state index in [2.05, 4.69) is 0 Å². The second-order valence-corrected chi connectivity index (χ2v) is 6.99. The fraction of sp³-hybridized carbons (Fsp3) is 0.500. The molecule has 0 saturated carbocycles. The predicted octanol–water partition coefficient (Wildman–Crippen LogP) is 2.87. The molecule has 0 radical (unpaired) electrons. The van der Waals surface area contributed by atoms with Gasteiger partial charge in [-0.1, -0.05) is 13.8 Å². The molecule has 0 bridgehead atoms. The summed E-state index contributed by atoms with van der Waals surface area (Å²) in [6.07, 6.45) is 0. The lowest BCUT2D eigenvalue weighted by Gasteiger charge is -2.25. The number of hydrogen-bond acceptors (Lipinski definition) is 4. The highest BCUT2D eigenvalue weighted by Gasteiger charge is 2.31. The van der Waals surface area contributed by atoms with Crippen LogP contribution in [0, 0.1) is 19.8 Å². The van der Waals surface area contributed by atoms with E-state index >= 15 is 0 Å². The van der Waals surface area contributed by atoms with Gasteiger partial charge in [-0.25, -0.2) is 0 Å². The Kier molecular flexibility index (Phi) is 5.64. The summed E-state index contributed by atoms with van der Waals surface area (Å²) in [5.41, 5.74) is 0.968. The fourth-order valence-corrected chi connectivity index (χ4v) is 3.72. The monoisotopic (exact) mass is 360 g/mol. The highest BCUT2D eigenvalue weighted by atomic mass is 16.3. The SMILES string of the molecule is CCn1c(C)cc(O)c(C(c2c(O)cc(C)n(CC)c2=O)C(C)C)c1=O. The van der Waals surface area contributed by atoms with Crippen LogP contribution in [0.5, 0.6) is 11.5 Å². The lowest BCUT2D eigenvalue weighted by Crippen LogP contribution is -2.33. The third-order valence-corrected chi connectivity index (χ3v) is 4.97. The van der Waals surface area contributed by atoms with Gasteiger partial charge < -0.3 is 19.3 Å². The molecule has 6 nitrogen and oxygen atoms in total. The van der Waals surface area contributed by atoms with Gasteiger partial charge in [0.1, 0.15) is 11.5 Å². The summed E-state index contributed by atoms with van der Waals surface area (Å²) in [6, 6.07) is 3.08. The van der Waals surface area contributed by atoms with Crippen LogP contribution in [-0.2, 0) is 13.1 Å². The van der Waals surface area contributed by atoms with Gasteiger partial charge in [0.25, 0.3) is 11.1 Å². The van der Waals surface area contributed by atoms with Crippen LogP contribution in [0.2, 0.25) is 0 Å². The van der Waals surface area contributed by atoms with Gasteiger partial charge in [0, 0.05) is 30.4 Å². The molecule has 2 aromatic rings. The summed E-state index contributed by atoms with van der Waals surface area (Å²) >= 11 is 0. The van der Waals surface area contributed by atoms with Crippen LogP contribution in [0.25, 0.3) is 0 Å². The van der Waals surface area contributed by atoms with Crippen molar-refractivity contribution in [3.8, 4) is 11.5 Å². The molecule has 0 unspecified atom stereocenters. The molecule has 26 heavy (non-hydrogen) atoms. The number of aryl methyl sites for hydroxylation is 2. The van der Waals surface area contributed by atoms with Gasteiger partial charge in [-0.15, -0.1) is 0 Å². The molecule has 2 heterocycles. The third-order valence-electron chi connectivity index (χ3n) is 4.97. The Hall–Kier alpha value is -2.50. The zero-order chi connectivity index (χ0) is 19.8. The topological polar surface area (TPSA) is 84.5 Å². The summed E-state index contributed by atoms with van der Waals surface area (Å²) < 4.78 is 3.13. The fourth-order valence-electron chi connectivity index (χ4n) is 3.72. The normalized spacial score (nSPS) is 11.5. The summed E-state index contributed by atoms with van der Waals surface area (Å²) in [6.45, 7) is 11.9. The zero-order valence-corrected chi connectivity index (χ0v) is 16.3. The molecule has 0 atom stereocenters. The first-order valence-electron chi connectivity index (χ1n) is 9.02. The first-order chi connectivity index (χ1) is 12.1. The first-order valence-corrected chi connectivity index (χ1v) is 9.02. The Bertz CT molecular complexity index is 865. The molecule has 2 rings (SSSR count). The maximum atomic E-state index is 13.0. The number of rotatable bonds is 5. The zero-order valence-electron chi connectivity index (χ0n) is 16.3. The summed E-state index contributed by atoms with van der Waals surface area (Å²) in [7, 11) is 0. The molecule has 0 aliphatic rings. The van der Waals surface area contributed by atoms with Crippen molar-refractivity contribution in [3.05, 3.63) is 55.4 Å². The second-order valence-electron chi connectivity index (χ2n) is 6.99. The molecule has 2 N–H and O–H groups in total. The van der Waals surface area contributed by atoms with E-state index < -0.39 is 5.92 Å². The van der Waals surface area contributed by atoms with E-state index in [1.807, 2.05) is 27.7 Å². The molecule has 142 valence electrons. The largest absolute Gasteiger partial charge is 0.507 e. The van der Waals surface area contributed by atoms with Crippen LogP contribution in [0.1, 0.15) is 56.1 Å². The van der Waals surface area contributed by atoms with E-state index in [0.29, 0.717) is 24.5 Å².